The van der Waals surface area contributed by atoms with Crippen molar-refractivity contribution >= 4 is 59.4 Å². The number of hydrogen-bond donors (Lipinski definition) is 0. The monoisotopic (exact) mass is 662 g/mol. The molecule has 1 aliphatic carbocycles. The van der Waals surface area contributed by atoms with E-state index in [1.165, 1.54) is 60.5 Å². The standard InChI is InChI=1S/C45H27BrO/c46-43-33-21-9-7-19-31(33)42(32-20-8-10-22-34(32)43)36-24-13-23-35-38-26-40-37(27-41(38)47-44(35)36)30-18-11-12-25-39(30)45(40,28-14-3-1-4-15-28)29-16-5-2-6-17-29/h1-27H. The third-order valence-corrected chi connectivity index (χ3v) is 11.1. The molecular formula is C45H27BrO. The van der Waals surface area contributed by atoms with Crippen LogP contribution in [0, 0.1) is 0 Å². The highest BCUT2D eigenvalue weighted by Gasteiger charge is 2.46. The first-order chi connectivity index (χ1) is 23.2. The maximum atomic E-state index is 6.97. The minimum Gasteiger partial charge on any atom is -0.455 e. The number of furan rings is 1. The van der Waals surface area contributed by atoms with Crippen molar-refractivity contribution in [1.82, 2.24) is 0 Å². The summed E-state index contributed by atoms with van der Waals surface area (Å²) < 4.78 is 8.10. The number of para-hydroxylation sites is 1. The van der Waals surface area contributed by atoms with Gasteiger partial charge < -0.3 is 4.42 Å². The molecule has 0 aliphatic heterocycles. The van der Waals surface area contributed by atoms with Crippen LogP contribution in [0.3, 0.4) is 0 Å². The van der Waals surface area contributed by atoms with E-state index in [0.717, 1.165) is 32.0 Å². The minimum absolute atomic E-state index is 0.456. The molecule has 0 atom stereocenters. The Kier molecular flexibility index (Phi) is 5.71. The lowest BCUT2D eigenvalue weighted by atomic mass is 9.67. The van der Waals surface area contributed by atoms with Gasteiger partial charge in [-0.3, -0.25) is 0 Å². The van der Waals surface area contributed by atoms with Crippen molar-refractivity contribution in [2.24, 2.45) is 0 Å². The molecule has 2 heteroatoms. The van der Waals surface area contributed by atoms with Gasteiger partial charge in [0.05, 0.1) is 5.41 Å². The molecule has 0 spiro atoms. The third-order valence-electron chi connectivity index (χ3n) is 10.2. The van der Waals surface area contributed by atoms with Crippen LogP contribution in [-0.2, 0) is 5.41 Å². The second-order valence-corrected chi connectivity index (χ2v) is 13.3. The van der Waals surface area contributed by atoms with E-state index in [4.69, 9.17) is 4.42 Å². The predicted molar refractivity (Wildman–Crippen MR) is 199 cm³/mol. The summed E-state index contributed by atoms with van der Waals surface area (Å²) in [6.07, 6.45) is 0. The SMILES string of the molecule is Brc1c2ccccc2c(-c2cccc3c2oc2cc4c(cc23)C(c2ccccc2)(c2ccccc2)c2ccccc2-4)c2ccccc12. The number of fused-ring (bicyclic) bond motifs is 8. The van der Waals surface area contributed by atoms with Gasteiger partial charge in [-0.05, 0) is 83.0 Å². The molecule has 0 amide bonds. The number of halogens is 1. The van der Waals surface area contributed by atoms with Crippen LogP contribution in [0.25, 0.3) is 65.7 Å². The van der Waals surface area contributed by atoms with Gasteiger partial charge in [-0.2, -0.15) is 0 Å². The van der Waals surface area contributed by atoms with Gasteiger partial charge >= 0.3 is 0 Å². The molecule has 0 saturated heterocycles. The Morgan fingerprint density at radius 2 is 0.936 bits per heavy atom. The lowest BCUT2D eigenvalue weighted by molar-refractivity contribution is 0.670. The molecule has 220 valence electrons. The van der Waals surface area contributed by atoms with Crippen molar-refractivity contribution < 1.29 is 4.42 Å². The van der Waals surface area contributed by atoms with E-state index >= 15 is 0 Å². The summed E-state index contributed by atoms with van der Waals surface area (Å²) in [5.41, 5.74) is 11.3. The fourth-order valence-electron chi connectivity index (χ4n) is 8.29. The smallest absolute Gasteiger partial charge is 0.143 e. The topological polar surface area (TPSA) is 13.1 Å². The summed E-state index contributed by atoms with van der Waals surface area (Å²) >= 11 is 3.94. The normalized spacial score (nSPS) is 13.4. The molecule has 47 heavy (non-hydrogen) atoms. The zero-order chi connectivity index (χ0) is 31.1. The largest absolute Gasteiger partial charge is 0.455 e. The fraction of sp³-hybridized carbons (Fsp3) is 0.0222. The number of benzene rings is 8. The van der Waals surface area contributed by atoms with Crippen LogP contribution in [0.15, 0.2) is 173 Å². The molecule has 0 saturated carbocycles. The van der Waals surface area contributed by atoms with Gasteiger partial charge in [-0.15, -0.1) is 0 Å². The molecule has 10 rings (SSSR count). The maximum absolute atomic E-state index is 6.97. The second kappa shape index (κ2) is 10.0. The first kappa shape index (κ1) is 26.7. The Labute approximate surface area is 280 Å². The Bertz CT molecular complexity index is 2590. The molecule has 1 heterocycles. The van der Waals surface area contributed by atoms with E-state index < -0.39 is 5.41 Å². The van der Waals surface area contributed by atoms with E-state index in [-0.39, 0.29) is 0 Å². The summed E-state index contributed by atoms with van der Waals surface area (Å²) in [4.78, 5) is 0. The predicted octanol–water partition coefficient (Wildman–Crippen LogP) is 12.7. The first-order valence-corrected chi connectivity index (χ1v) is 16.8. The van der Waals surface area contributed by atoms with E-state index in [9.17, 15) is 0 Å². The van der Waals surface area contributed by atoms with Crippen LogP contribution in [0.4, 0.5) is 0 Å². The van der Waals surface area contributed by atoms with Crippen LogP contribution in [0.2, 0.25) is 0 Å². The van der Waals surface area contributed by atoms with Crippen LogP contribution < -0.4 is 0 Å². The van der Waals surface area contributed by atoms with Crippen molar-refractivity contribution in [2.75, 3.05) is 0 Å². The van der Waals surface area contributed by atoms with E-state index in [1.807, 2.05) is 0 Å². The molecule has 1 nitrogen and oxygen atoms in total. The summed E-state index contributed by atoms with van der Waals surface area (Å²) in [5.74, 6) is 0. The molecule has 0 N–H and O–H groups in total. The molecule has 0 bridgehead atoms. The molecule has 8 aromatic carbocycles. The van der Waals surface area contributed by atoms with Gasteiger partial charge in [-0.1, -0.05) is 152 Å². The minimum atomic E-state index is -0.456. The average molecular weight is 664 g/mol. The molecule has 0 fully saturated rings. The Morgan fingerprint density at radius 1 is 0.404 bits per heavy atom. The van der Waals surface area contributed by atoms with Crippen molar-refractivity contribution in [2.45, 2.75) is 5.41 Å². The zero-order valence-corrected chi connectivity index (χ0v) is 27.0. The Morgan fingerprint density at radius 3 is 1.60 bits per heavy atom. The van der Waals surface area contributed by atoms with Crippen molar-refractivity contribution in [1.29, 1.82) is 0 Å². The first-order valence-electron chi connectivity index (χ1n) is 16.0. The van der Waals surface area contributed by atoms with E-state index in [0.29, 0.717) is 0 Å². The molecular weight excluding hydrogens is 636 g/mol. The third kappa shape index (κ3) is 3.59. The molecule has 0 radical (unpaired) electrons. The van der Waals surface area contributed by atoms with Crippen LogP contribution in [-0.4, -0.2) is 0 Å². The molecule has 1 aliphatic rings. The van der Waals surface area contributed by atoms with Gasteiger partial charge in [0.1, 0.15) is 11.2 Å². The lowest BCUT2D eigenvalue weighted by Gasteiger charge is -2.33. The van der Waals surface area contributed by atoms with Gasteiger partial charge in [0.15, 0.2) is 0 Å². The Hall–Kier alpha value is -5.44. The van der Waals surface area contributed by atoms with Crippen molar-refractivity contribution in [3.05, 3.63) is 191 Å². The molecule has 1 aromatic heterocycles. The van der Waals surface area contributed by atoms with Crippen LogP contribution >= 0.6 is 15.9 Å². The van der Waals surface area contributed by atoms with Gasteiger partial charge in [0.2, 0.25) is 0 Å². The highest BCUT2D eigenvalue weighted by molar-refractivity contribution is 9.10. The Balaban J connectivity index is 1.33. The van der Waals surface area contributed by atoms with Crippen molar-refractivity contribution in [3.8, 4) is 22.3 Å². The quantitative estimate of drug-likeness (QED) is 0.172. The van der Waals surface area contributed by atoms with E-state index in [2.05, 4.69) is 180 Å². The highest BCUT2D eigenvalue weighted by Crippen LogP contribution is 2.57. The summed E-state index contributed by atoms with van der Waals surface area (Å²) in [6.45, 7) is 0. The van der Waals surface area contributed by atoms with Crippen LogP contribution in [0.1, 0.15) is 22.3 Å². The summed E-state index contributed by atoms with van der Waals surface area (Å²) in [7, 11) is 0. The van der Waals surface area contributed by atoms with Gasteiger partial charge in [0.25, 0.3) is 0 Å². The van der Waals surface area contributed by atoms with E-state index in [1.54, 1.807) is 0 Å². The zero-order valence-electron chi connectivity index (χ0n) is 25.4. The lowest BCUT2D eigenvalue weighted by Crippen LogP contribution is -2.28. The highest BCUT2D eigenvalue weighted by atomic mass is 79.9. The summed E-state index contributed by atoms with van der Waals surface area (Å²) in [5, 5.41) is 7.06. The van der Waals surface area contributed by atoms with Crippen molar-refractivity contribution in [3.63, 3.8) is 0 Å². The van der Waals surface area contributed by atoms with Gasteiger partial charge in [0, 0.05) is 26.4 Å². The number of hydrogen-bond acceptors (Lipinski definition) is 1. The average Bonchev–Trinajstić information content (AvgIpc) is 3.65. The number of rotatable bonds is 3. The van der Waals surface area contributed by atoms with Gasteiger partial charge in [-0.25, -0.2) is 0 Å². The summed E-state index contributed by atoms with van der Waals surface area (Å²) in [6, 6.07) is 59.5. The molecule has 0 unspecified atom stereocenters. The second-order valence-electron chi connectivity index (χ2n) is 12.5. The fourth-order valence-corrected chi connectivity index (χ4v) is 8.99. The maximum Gasteiger partial charge on any atom is 0.143 e. The molecule has 9 aromatic rings. The van der Waals surface area contributed by atoms with Crippen LogP contribution in [0.5, 0.6) is 0 Å².